The van der Waals surface area contributed by atoms with Gasteiger partial charge in [0.1, 0.15) is 16.6 Å². The van der Waals surface area contributed by atoms with E-state index in [2.05, 4.69) is 20.2 Å². The molecular weight excluding hydrogens is 322 g/mol. The number of hydrogen-bond donors (Lipinski definition) is 0. The number of likely N-dealkylation sites (tertiary alicyclic amines) is 1. The third-order valence-corrected chi connectivity index (χ3v) is 5.50. The van der Waals surface area contributed by atoms with E-state index < -0.39 is 0 Å². The predicted molar refractivity (Wildman–Crippen MR) is 86.3 cm³/mol. The summed E-state index contributed by atoms with van der Waals surface area (Å²) >= 11 is 7.19. The Morgan fingerprint density at radius 3 is 2.55 bits per heavy atom. The van der Waals surface area contributed by atoms with Gasteiger partial charge in [0.2, 0.25) is 5.91 Å². The maximum absolute atomic E-state index is 12.2. The van der Waals surface area contributed by atoms with Crippen LogP contribution in [0.4, 0.5) is 5.00 Å². The molecule has 2 aliphatic heterocycles. The number of aromatic nitrogens is 1. The normalized spacial score (nSPS) is 19.5. The summed E-state index contributed by atoms with van der Waals surface area (Å²) in [4.78, 5) is 18.5. The molecule has 0 unspecified atom stereocenters. The van der Waals surface area contributed by atoms with Gasteiger partial charge in [0, 0.05) is 39.3 Å². The summed E-state index contributed by atoms with van der Waals surface area (Å²) in [5, 5.41) is 10.3. The molecule has 2 saturated heterocycles. The summed E-state index contributed by atoms with van der Waals surface area (Å²) in [6.07, 6.45) is 2.26. The van der Waals surface area contributed by atoms with Gasteiger partial charge >= 0.3 is 0 Å². The van der Waals surface area contributed by atoms with Crippen molar-refractivity contribution in [3.8, 4) is 6.07 Å². The molecule has 0 aliphatic carbocycles. The Hall–Kier alpha value is -1.36. The van der Waals surface area contributed by atoms with Crippen molar-refractivity contribution >= 4 is 34.0 Å². The lowest BCUT2D eigenvalue weighted by atomic mass is 10.3. The minimum atomic E-state index is 0.240. The minimum absolute atomic E-state index is 0.240. The fraction of sp³-hybridized carbons (Fsp3) is 0.643. The number of piperazine rings is 1. The number of carbonyl (C=O) groups is 1. The summed E-state index contributed by atoms with van der Waals surface area (Å²) in [6, 6.07) is 2.12. The number of carbonyl (C=O) groups excluding carboxylic acids is 1. The third kappa shape index (κ3) is 3.19. The van der Waals surface area contributed by atoms with Gasteiger partial charge in [-0.15, -0.1) is 0 Å². The molecule has 0 spiro atoms. The molecular formula is C14H18ClN5OS. The fourth-order valence-electron chi connectivity index (χ4n) is 2.94. The van der Waals surface area contributed by atoms with E-state index in [-0.39, 0.29) is 11.1 Å². The predicted octanol–water partition coefficient (Wildman–Crippen LogP) is 1.41. The van der Waals surface area contributed by atoms with Crippen LogP contribution in [0.1, 0.15) is 18.4 Å². The zero-order chi connectivity index (χ0) is 15.5. The van der Waals surface area contributed by atoms with E-state index in [1.165, 1.54) is 11.5 Å². The molecule has 0 aromatic carbocycles. The highest BCUT2D eigenvalue weighted by Crippen LogP contribution is 2.31. The fourth-order valence-corrected chi connectivity index (χ4v) is 4.02. The Balaban J connectivity index is 1.54. The molecule has 1 amide bonds. The lowest BCUT2D eigenvalue weighted by molar-refractivity contribution is -0.131. The summed E-state index contributed by atoms with van der Waals surface area (Å²) < 4.78 is 4.05. The topological polar surface area (TPSA) is 63.5 Å². The van der Waals surface area contributed by atoms with Gasteiger partial charge in [-0.1, -0.05) is 11.6 Å². The summed E-state index contributed by atoms with van der Waals surface area (Å²) in [6.45, 7) is 5.54. The van der Waals surface area contributed by atoms with E-state index in [9.17, 15) is 4.79 Å². The first-order valence-corrected chi connectivity index (χ1v) is 8.64. The first kappa shape index (κ1) is 15.5. The largest absolute Gasteiger partial charge is 0.358 e. The van der Waals surface area contributed by atoms with Crippen molar-refractivity contribution in [3.63, 3.8) is 0 Å². The highest BCUT2D eigenvalue weighted by Gasteiger charge is 2.26. The average molecular weight is 340 g/mol. The first-order chi connectivity index (χ1) is 10.7. The van der Waals surface area contributed by atoms with Gasteiger partial charge < -0.3 is 9.80 Å². The van der Waals surface area contributed by atoms with Crippen LogP contribution in [0, 0.1) is 11.3 Å². The van der Waals surface area contributed by atoms with Crippen LogP contribution >= 0.6 is 23.1 Å². The quantitative estimate of drug-likeness (QED) is 0.833. The molecule has 6 nitrogen and oxygen atoms in total. The van der Waals surface area contributed by atoms with Crippen LogP contribution in [0.5, 0.6) is 0 Å². The van der Waals surface area contributed by atoms with E-state index in [4.69, 9.17) is 16.9 Å². The maximum Gasteiger partial charge on any atom is 0.236 e. The number of amides is 1. The minimum Gasteiger partial charge on any atom is -0.358 e. The van der Waals surface area contributed by atoms with Crippen molar-refractivity contribution < 1.29 is 4.79 Å². The van der Waals surface area contributed by atoms with Crippen LogP contribution in [0.2, 0.25) is 5.15 Å². The molecule has 0 saturated carbocycles. The van der Waals surface area contributed by atoms with E-state index in [1.54, 1.807) is 0 Å². The molecule has 0 radical (unpaired) electrons. The van der Waals surface area contributed by atoms with E-state index in [1.807, 2.05) is 4.90 Å². The van der Waals surface area contributed by atoms with Crippen molar-refractivity contribution in [3.05, 3.63) is 10.7 Å². The van der Waals surface area contributed by atoms with Crippen LogP contribution in [-0.4, -0.2) is 65.9 Å². The average Bonchev–Trinajstić information content (AvgIpc) is 3.17. The Kier molecular flexibility index (Phi) is 4.81. The first-order valence-electron chi connectivity index (χ1n) is 7.49. The summed E-state index contributed by atoms with van der Waals surface area (Å²) in [7, 11) is 0. The van der Waals surface area contributed by atoms with Gasteiger partial charge in [0.25, 0.3) is 0 Å². The molecule has 22 heavy (non-hydrogen) atoms. The van der Waals surface area contributed by atoms with Crippen molar-refractivity contribution in [1.82, 2.24) is 14.2 Å². The van der Waals surface area contributed by atoms with Gasteiger partial charge in [0.05, 0.1) is 6.54 Å². The molecule has 0 bridgehead atoms. The van der Waals surface area contributed by atoms with Gasteiger partial charge in [-0.25, -0.2) is 0 Å². The summed E-state index contributed by atoms with van der Waals surface area (Å²) in [5.74, 6) is 0.240. The molecule has 3 heterocycles. The molecule has 0 N–H and O–H groups in total. The number of anilines is 1. The number of nitrogens with zero attached hydrogens (tertiary/aromatic N) is 5. The lowest BCUT2D eigenvalue weighted by Crippen LogP contribution is -2.49. The lowest BCUT2D eigenvalue weighted by Gasteiger charge is -2.35. The Morgan fingerprint density at radius 2 is 1.91 bits per heavy atom. The molecule has 0 atom stereocenters. The second kappa shape index (κ2) is 6.82. The molecule has 3 rings (SSSR count). The highest BCUT2D eigenvalue weighted by atomic mass is 35.5. The van der Waals surface area contributed by atoms with Crippen molar-refractivity contribution in [1.29, 1.82) is 5.26 Å². The van der Waals surface area contributed by atoms with E-state index >= 15 is 0 Å². The molecule has 2 fully saturated rings. The Labute approximate surface area is 139 Å². The van der Waals surface area contributed by atoms with Crippen molar-refractivity contribution in [2.24, 2.45) is 0 Å². The van der Waals surface area contributed by atoms with Gasteiger partial charge in [-0.3, -0.25) is 9.69 Å². The Bertz CT molecular complexity index is 585. The SMILES string of the molecule is N#Cc1c(Cl)nsc1N1CCN(CC(=O)N2CCCC2)CC1. The zero-order valence-corrected chi connectivity index (χ0v) is 13.9. The molecule has 118 valence electrons. The van der Waals surface area contributed by atoms with Crippen LogP contribution in [0.15, 0.2) is 0 Å². The zero-order valence-electron chi connectivity index (χ0n) is 12.3. The highest BCUT2D eigenvalue weighted by molar-refractivity contribution is 7.10. The monoisotopic (exact) mass is 339 g/mol. The standard InChI is InChI=1S/C14H18ClN5OS/c15-13-11(9-16)14(22-17-13)20-7-5-18(6-8-20)10-12(21)19-3-1-2-4-19/h1-8,10H2. The van der Waals surface area contributed by atoms with Crippen LogP contribution in [0.3, 0.4) is 0 Å². The number of rotatable bonds is 3. The Morgan fingerprint density at radius 1 is 1.23 bits per heavy atom. The summed E-state index contributed by atoms with van der Waals surface area (Å²) in [5.41, 5.74) is 0.466. The van der Waals surface area contributed by atoms with Gasteiger partial charge in [-0.05, 0) is 24.4 Å². The van der Waals surface area contributed by atoms with E-state index in [0.717, 1.165) is 57.1 Å². The van der Waals surface area contributed by atoms with Gasteiger partial charge in [0.15, 0.2) is 5.15 Å². The van der Waals surface area contributed by atoms with E-state index in [0.29, 0.717) is 12.1 Å². The number of nitriles is 1. The second-order valence-electron chi connectivity index (χ2n) is 5.62. The van der Waals surface area contributed by atoms with Crippen molar-refractivity contribution in [2.75, 3.05) is 50.7 Å². The number of halogens is 1. The molecule has 1 aromatic heterocycles. The third-order valence-electron chi connectivity index (χ3n) is 4.22. The van der Waals surface area contributed by atoms with Gasteiger partial charge in [-0.2, -0.15) is 9.64 Å². The molecule has 2 aliphatic rings. The van der Waals surface area contributed by atoms with Crippen molar-refractivity contribution in [2.45, 2.75) is 12.8 Å². The molecule has 1 aromatic rings. The van der Waals surface area contributed by atoms with Crippen LogP contribution in [0.25, 0.3) is 0 Å². The second-order valence-corrected chi connectivity index (χ2v) is 6.73. The smallest absolute Gasteiger partial charge is 0.236 e. The van der Waals surface area contributed by atoms with Crippen LogP contribution < -0.4 is 4.90 Å². The molecule has 8 heteroatoms. The number of hydrogen-bond acceptors (Lipinski definition) is 6. The maximum atomic E-state index is 12.2. The van der Waals surface area contributed by atoms with Crippen LogP contribution in [-0.2, 0) is 4.79 Å².